The standard InChI is InChI=1S/C13H19F2N/c1-13(2,3)8-11(16)6-9-4-5-10(14)7-12(9)15/h4-5,7,11H,6,8,16H2,1-3H3. The number of rotatable bonds is 3. The van der Waals surface area contributed by atoms with Crippen LogP contribution < -0.4 is 5.73 Å². The van der Waals surface area contributed by atoms with Gasteiger partial charge in [-0.05, 0) is 29.9 Å². The second-order valence-electron chi connectivity index (χ2n) is 5.46. The first-order valence-electron chi connectivity index (χ1n) is 5.47. The molecule has 0 spiro atoms. The van der Waals surface area contributed by atoms with Crippen LogP contribution in [0.1, 0.15) is 32.8 Å². The first kappa shape index (κ1) is 13.1. The van der Waals surface area contributed by atoms with E-state index in [9.17, 15) is 8.78 Å². The highest BCUT2D eigenvalue weighted by atomic mass is 19.1. The SMILES string of the molecule is CC(C)(C)CC(N)Cc1ccc(F)cc1F. The van der Waals surface area contributed by atoms with Crippen molar-refractivity contribution in [3.8, 4) is 0 Å². The lowest BCUT2D eigenvalue weighted by atomic mass is 9.86. The smallest absolute Gasteiger partial charge is 0.129 e. The second-order valence-corrected chi connectivity index (χ2v) is 5.46. The second kappa shape index (κ2) is 4.91. The number of hydrogen-bond donors (Lipinski definition) is 1. The molecule has 90 valence electrons. The number of halogens is 2. The normalized spacial score (nSPS) is 13.9. The molecular formula is C13H19F2N. The average Bonchev–Trinajstić information content (AvgIpc) is 2.06. The molecule has 0 saturated heterocycles. The van der Waals surface area contributed by atoms with Crippen LogP contribution in [0.3, 0.4) is 0 Å². The molecule has 1 nitrogen and oxygen atoms in total. The summed E-state index contributed by atoms with van der Waals surface area (Å²) < 4.78 is 26.0. The Labute approximate surface area is 95.7 Å². The average molecular weight is 227 g/mol. The molecule has 1 atom stereocenters. The lowest BCUT2D eigenvalue weighted by molar-refractivity contribution is 0.337. The minimum atomic E-state index is -0.550. The molecule has 3 heteroatoms. The van der Waals surface area contributed by atoms with Crippen molar-refractivity contribution in [1.29, 1.82) is 0 Å². The number of nitrogens with two attached hydrogens (primary N) is 1. The first-order chi connectivity index (χ1) is 7.28. The van der Waals surface area contributed by atoms with E-state index in [-0.39, 0.29) is 11.5 Å². The molecule has 0 aromatic heterocycles. The Kier molecular flexibility index (Phi) is 4.03. The summed E-state index contributed by atoms with van der Waals surface area (Å²) in [5.41, 5.74) is 6.54. The Morgan fingerprint density at radius 2 is 1.88 bits per heavy atom. The van der Waals surface area contributed by atoms with E-state index in [0.717, 1.165) is 12.5 Å². The van der Waals surface area contributed by atoms with Crippen LogP contribution in [0.4, 0.5) is 8.78 Å². The number of benzene rings is 1. The van der Waals surface area contributed by atoms with Gasteiger partial charge in [0.1, 0.15) is 11.6 Å². The van der Waals surface area contributed by atoms with Gasteiger partial charge in [0, 0.05) is 12.1 Å². The van der Waals surface area contributed by atoms with Crippen LogP contribution in [0.2, 0.25) is 0 Å². The van der Waals surface area contributed by atoms with Crippen molar-refractivity contribution in [3.05, 3.63) is 35.4 Å². The van der Waals surface area contributed by atoms with Crippen molar-refractivity contribution < 1.29 is 8.78 Å². The Bertz CT molecular complexity index is 355. The quantitative estimate of drug-likeness (QED) is 0.842. The van der Waals surface area contributed by atoms with Gasteiger partial charge in [0.2, 0.25) is 0 Å². The van der Waals surface area contributed by atoms with Gasteiger partial charge in [-0.2, -0.15) is 0 Å². The van der Waals surface area contributed by atoms with Crippen molar-refractivity contribution >= 4 is 0 Å². The van der Waals surface area contributed by atoms with Gasteiger partial charge in [-0.3, -0.25) is 0 Å². The van der Waals surface area contributed by atoms with Crippen molar-refractivity contribution in [2.45, 2.75) is 39.7 Å². The lowest BCUT2D eigenvalue weighted by Crippen LogP contribution is -2.28. The minimum absolute atomic E-state index is 0.0973. The van der Waals surface area contributed by atoms with Crippen LogP contribution in [0.25, 0.3) is 0 Å². The van der Waals surface area contributed by atoms with E-state index in [2.05, 4.69) is 20.8 Å². The summed E-state index contributed by atoms with van der Waals surface area (Å²) in [6.07, 6.45) is 1.26. The molecule has 0 saturated carbocycles. The number of hydrogen-bond acceptors (Lipinski definition) is 1. The Morgan fingerprint density at radius 3 is 2.38 bits per heavy atom. The van der Waals surface area contributed by atoms with Crippen molar-refractivity contribution in [2.24, 2.45) is 11.1 Å². The predicted molar refractivity (Wildman–Crippen MR) is 62.1 cm³/mol. The zero-order chi connectivity index (χ0) is 12.3. The van der Waals surface area contributed by atoms with Crippen molar-refractivity contribution in [2.75, 3.05) is 0 Å². The zero-order valence-electron chi connectivity index (χ0n) is 10.1. The molecule has 0 aliphatic carbocycles. The molecule has 1 aromatic carbocycles. The summed E-state index contributed by atoms with van der Waals surface area (Å²) in [6.45, 7) is 6.27. The molecule has 1 rings (SSSR count). The highest BCUT2D eigenvalue weighted by molar-refractivity contribution is 5.19. The molecular weight excluding hydrogens is 208 g/mol. The maximum atomic E-state index is 13.3. The molecule has 0 fully saturated rings. The van der Waals surface area contributed by atoms with Crippen molar-refractivity contribution in [1.82, 2.24) is 0 Å². The van der Waals surface area contributed by atoms with Gasteiger partial charge in [-0.15, -0.1) is 0 Å². The largest absolute Gasteiger partial charge is 0.327 e. The third-order valence-electron chi connectivity index (χ3n) is 2.37. The molecule has 0 amide bonds. The minimum Gasteiger partial charge on any atom is -0.327 e. The van der Waals surface area contributed by atoms with Gasteiger partial charge >= 0.3 is 0 Å². The van der Waals surface area contributed by atoms with Crippen LogP contribution in [0.15, 0.2) is 18.2 Å². The van der Waals surface area contributed by atoms with Crippen LogP contribution in [0.5, 0.6) is 0 Å². The van der Waals surface area contributed by atoms with Crippen LogP contribution in [-0.4, -0.2) is 6.04 Å². The summed E-state index contributed by atoms with van der Waals surface area (Å²) in [7, 11) is 0. The Morgan fingerprint density at radius 1 is 1.25 bits per heavy atom. The molecule has 1 aromatic rings. The van der Waals surface area contributed by atoms with E-state index in [1.54, 1.807) is 0 Å². The Balaban J connectivity index is 2.66. The van der Waals surface area contributed by atoms with Crippen molar-refractivity contribution in [3.63, 3.8) is 0 Å². The van der Waals surface area contributed by atoms with E-state index < -0.39 is 11.6 Å². The molecule has 0 aliphatic heterocycles. The van der Waals surface area contributed by atoms with Crippen LogP contribution >= 0.6 is 0 Å². The summed E-state index contributed by atoms with van der Waals surface area (Å²) in [5, 5.41) is 0. The van der Waals surface area contributed by atoms with Gasteiger partial charge < -0.3 is 5.73 Å². The monoisotopic (exact) mass is 227 g/mol. The first-order valence-corrected chi connectivity index (χ1v) is 5.47. The summed E-state index contributed by atoms with van der Waals surface area (Å²) in [5.74, 6) is -1.06. The van der Waals surface area contributed by atoms with E-state index in [0.29, 0.717) is 12.0 Å². The molecule has 2 N–H and O–H groups in total. The maximum Gasteiger partial charge on any atom is 0.129 e. The fourth-order valence-corrected chi connectivity index (χ4v) is 1.83. The van der Waals surface area contributed by atoms with Gasteiger partial charge in [-0.25, -0.2) is 8.78 Å². The highest BCUT2D eigenvalue weighted by Crippen LogP contribution is 2.22. The van der Waals surface area contributed by atoms with E-state index in [1.165, 1.54) is 12.1 Å². The van der Waals surface area contributed by atoms with E-state index >= 15 is 0 Å². The highest BCUT2D eigenvalue weighted by Gasteiger charge is 2.17. The van der Waals surface area contributed by atoms with Crippen LogP contribution in [-0.2, 0) is 6.42 Å². The Hall–Kier alpha value is -0.960. The van der Waals surface area contributed by atoms with Gasteiger partial charge in [0.25, 0.3) is 0 Å². The fraction of sp³-hybridized carbons (Fsp3) is 0.538. The third-order valence-corrected chi connectivity index (χ3v) is 2.37. The summed E-state index contributed by atoms with van der Waals surface area (Å²) in [6, 6.07) is 3.54. The molecule has 0 radical (unpaired) electrons. The summed E-state index contributed by atoms with van der Waals surface area (Å²) in [4.78, 5) is 0. The topological polar surface area (TPSA) is 26.0 Å². The molecule has 0 bridgehead atoms. The maximum absolute atomic E-state index is 13.3. The molecule has 16 heavy (non-hydrogen) atoms. The fourth-order valence-electron chi connectivity index (χ4n) is 1.83. The van der Waals surface area contributed by atoms with E-state index in [1.807, 2.05) is 0 Å². The third kappa shape index (κ3) is 4.27. The van der Waals surface area contributed by atoms with E-state index in [4.69, 9.17) is 5.73 Å². The predicted octanol–water partition coefficient (Wildman–Crippen LogP) is 3.27. The van der Waals surface area contributed by atoms with Crippen LogP contribution in [0, 0.1) is 17.0 Å². The van der Waals surface area contributed by atoms with Gasteiger partial charge in [0.05, 0.1) is 0 Å². The molecule has 1 unspecified atom stereocenters. The zero-order valence-corrected chi connectivity index (χ0v) is 10.1. The van der Waals surface area contributed by atoms with Gasteiger partial charge in [0.15, 0.2) is 0 Å². The van der Waals surface area contributed by atoms with Gasteiger partial charge in [-0.1, -0.05) is 26.8 Å². The summed E-state index contributed by atoms with van der Waals surface area (Å²) >= 11 is 0. The molecule has 0 heterocycles. The lowest BCUT2D eigenvalue weighted by Gasteiger charge is -2.23. The molecule has 0 aliphatic rings.